The number of rotatable bonds is 4. The van der Waals surface area contributed by atoms with Gasteiger partial charge in [0.2, 0.25) is 0 Å². The van der Waals surface area contributed by atoms with Crippen molar-refractivity contribution >= 4 is 38.0 Å². The van der Waals surface area contributed by atoms with Gasteiger partial charge in [-0.1, -0.05) is 0 Å². The molecule has 1 aromatic heterocycles. The molecule has 0 aliphatic carbocycles. The first-order valence-corrected chi connectivity index (χ1v) is 8.46. The van der Waals surface area contributed by atoms with E-state index in [0.717, 1.165) is 0 Å². The molecule has 0 amide bonds. The molecule has 24 heavy (non-hydrogen) atoms. The summed E-state index contributed by atoms with van der Waals surface area (Å²) in [6.07, 6.45) is -4.71. The molecule has 2 aromatic rings. The SMILES string of the molecule is CC(C)C[C@H](N)C(=O)c1c(C(F)(F)F)c2ccc([AsH2])cc2oc1=O. The number of carbonyl (C=O) groups is 1. The monoisotopic (exact) mass is 403 g/mol. The molecular weight excluding hydrogens is 386 g/mol. The Hall–Kier alpha value is -1.59. The molecule has 0 aliphatic rings. The van der Waals surface area contributed by atoms with Gasteiger partial charge >= 0.3 is 144 Å². The van der Waals surface area contributed by atoms with E-state index in [2.05, 4.69) is 0 Å². The summed E-state index contributed by atoms with van der Waals surface area (Å²) < 4.78 is 46.4. The van der Waals surface area contributed by atoms with Crippen LogP contribution in [0.15, 0.2) is 27.4 Å². The first-order valence-electron chi connectivity index (χ1n) is 7.25. The number of benzene rings is 1. The van der Waals surface area contributed by atoms with Crippen LogP contribution in [-0.4, -0.2) is 28.7 Å². The van der Waals surface area contributed by atoms with Crippen LogP contribution in [0, 0.1) is 5.92 Å². The zero-order valence-electron chi connectivity index (χ0n) is 13.1. The summed E-state index contributed by atoms with van der Waals surface area (Å²) in [5.41, 5.74) is 1.92. The predicted molar refractivity (Wildman–Crippen MR) is 87.4 cm³/mol. The van der Waals surface area contributed by atoms with Gasteiger partial charge in [-0.2, -0.15) is 0 Å². The summed E-state index contributed by atoms with van der Waals surface area (Å²) in [6.45, 7) is 3.57. The van der Waals surface area contributed by atoms with Crippen LogP contribution in [-0.2, 0) is 6.18 Å². The first-order chi connectivity index (χ1) is 11.0. The van der Waals surface area contributed by atoms with Gasteiger partial charge in [-0.3, -0.25) is 0 Å². The van der Waals surface area contributed by atoms with Crippen molar-refractivity contribution in [2.45, 2.75) is 32.5 Å². The van der Waals surface area contributed by atoms with Crippen LogP contribution >= 0.6 is 0 Å². The van der Waals surface area contributed by atoms with E-state index in [1.54, 1.807) is 13.8 Å². The van der Waals surface area contributed by atoms with Gasteiger partial charge in [-0.15, -0.1) is 0 Å². The van der Waals surface area contributed by atoms with E-state index in [4.69, 9.17) is 10.2 Å². The third-order valence-corrected chi connectivity index (χ3v) is 4.28. The van der Waals surface area contributed by atoms with Crippen LogP contribution in [0.4, 0.5) is 13.2 Å². The van der Waals surface area contributed by atoms with Crippen molar-refractivity contribution in [2.75, 3.05) is 0 Å². The Kier molecular flexibility index (Phi) is 5.25. The molecule has 1 heterocycles. The number of Topliss-reactive ketones (excluding diaryl/α,β-unsaturated/α-hetero) is 1. The van der Waals surface area contributed by atoms with Gasteiger partial charge in [0.15, 0.2) is 0 Å². The average Bonchev–Trinajstić information content (AvgIpc) is 2.43. The third-order valence-electron chi connectivity index (χ3n) is 3.52. The maximum atomic E-state index is 13.6. The van der Waals surface area contributed by atoms with Gasteiger partial charge in [-0.05, 0) is 0 Å². The molecule has 0 radical (unpaired) electrons. The quantitative estimate of drug-likeness (QED) is 0.479. The second kappa shape index (κ2) is 6.73. The third kappa shape index (κ3) is 3.73. The Morgan fingerprint density at radius 1 is 1.33 bits per heavy atom. The Balaban J connectivity index is 2.78. The molecule has 130 valence electrons. The summed E-state index contributed by atoms with van der Waals surface area (Å²) in [4.78, 5) is 24.5. The molecule has 1 aromatic carbocycles. The van der Waals surface area contributed by atoms with Gasteiger partial charge in [0.1, 0.15) is 0 Å². The summed E-state index contributed by atoms with van der Waals surface area (Å²) in [5.74, 6) is -1.05. The van der Waals surface area contributed by atoms with Crippen molar-refractivity contribution in [2.24, 2.45) is 11.7 Å². The summed E-state index contributed by atoms with van der Waals surface area (Å²) in [5, 5.41) is -0.316. The fourth-order valence-electron chi connectivity index (χ4n) is 2.54. The zero-order chi connectivity index (χ0) is 18.2. The Labute approximate surface area is 144 Å². The van der Waals surface area contributed by atoms with Gasteiger partial charge < -0.3 is 0 Å². The normalized spacial score (nSPS) is 13.5. The number of nitrogens with two attached hydrogens (primary N) is 1. The Bertz CT molecular complexity index is 843. The van der Waals surface area contributed by atoms with Gasteiger partial charge in [0.25, 0.3) is 0 Å². The number of alkyl halides is 3. The molecule has 2 atom stereocenters. The van der Waals surface area contributed by atoms with Gasteiger partial charge in [0.05, 0.1) is 0 Å². The van der Waals surface area contributed by atoms with E-state index < -0.39 is 34.8 Å². The van der Waals surface area contributed by atoms with E-state index in [9.17, 15) is 22.8 Å². The number of ketones is 1. The Morgan fingerprint density at radius 3 is 2.50 bits per heavy atom. The second-order valence-electron chi connectivity index (χ2n) is 5.99. The molecule has 0 saturated heterocycles. The molecule has 0 fully saturated rings. The summed E-state index contributed by atoms with van der Waals surface area (Å²) >= 11 is 1.18. The topological polar surface area (TPSA) is 73.3 Å². The van der Waals surface area contributed by atoms with E-state index in [1.165, 1.54) is 35.1 Å². The molecule has 1 unspecified atom stereocenters. The summed E-state index contributed by atoms with van der Waals surface area (Å²) in [7, 11) is 0. The van der Waals surface area contributed by atoms with E-state index in [-0.39, 0.29) is 23.3 Å². The van der Waals surface area contributed by atoms with Crippen molar-refractivity contribution in [1.82, 2.24) is 0 Å². The molecule has 0 saturated carbocycles. The molecule has 0 spiro atoms. The first kappa shape index (κ1) is 18.7. The standard InChI is InChI=1S/C16H17AsF3NO3/c1-7(2)5-10(21)14(22)12-13(16(18,19)20)9-4-3-8(17)6-11(9)24-15(12)23/h3-4,6-7,10H,5,17,21H2,1-2H3/t10-/m0/s1. The predicted octanol–water partition coefficient (Wildman–Crippen LogP) is 1.63. The minimum atomic E-state index is -4.88. The number of hydrogen-bond acceptors (Lipinski definition) is 4. The average molecular weight is 403 g/mol. The van der Waals surface area contributed by atoms with Crippen molar-refractivity contribution in [3.8, 4) is 0 Å². The van der Waals surface area contributed by atoms with Crippen LogP contribution in [0.2, 0.25) is 0 Å². The van der Waals surface area contributed by atoms with Crippen LogP contribution < -0.4 is 15.7 Å². The fraction of sp³-hybridized carbons (Fsp3) is 0.375. The molecule has 0 aliphatic heterocycles. The number of halogens is 3. The van der Waals surface area contributed by atoms with Crippen molar-refractivity contribution in [3.05, 3.63) is 39.7 Å². The Morgan fingerprint density at radius 2 is 1.96 bits per heavy atom. The van der Waals surface area contributed by atoms with E-state index in [0.29, 0.717) is 4.35 Å². The minimum absolute atomic E-state index is 0.00401. The summed E-state index contributed by atoms with van der Waals surface area (Å²) in [6, 6.07) is 2.86. The zero-order valence-corrected chi connectivity index (χ0v) is 15.5. The van der Waals surface area contributed by atoms with E-state index in [1.807, 2.05) is 0 Å². The van der Waals surface area contributed by atoms with Crippen molar-refractivity contribution < 1.29 is 22.4 Å². The number of carbonyl (C=O) groups excluding carboxylic acids is 1. The second-order valence-corrected chi connectivity index (χ2v) is 7.39. The van der Waals surface area contributed by atoms with Gasteiger partial charge in [0, 0.05) is 0 Å². The maximum absolute atomic E-state index is 13.6. The molecule has 4 nitrogen and oxygen atoms in total. The van der Waals surface area contributed by atoms with Crippen LogP contribution in [0.3, 0.4) is 0 Å². The molecule has 2 N–H and O–H groups in total. The van der Waals surface area contributed by atoms with Crippen molar-refractivity contribution in [1.29, 1.82) is 0 Å². The molecular formula is C16H17AsF3NO3. The molecule has 2 rings (SSSR count). The number of fused-ring (bicyclic) bond motifs is 1. The number of hydrogen-bond donors (Lipinski definition) is 1. The fourth-order valence-corrected chi connectivity index (χ4v) is 3.06. The molecule has 8 heteroatoms. The van der Waals surface area contributed by atoms with Gasteiger partial charge in [-0.25, -0.2) is 0 Å². The molecule has 0 bridgehead atoms. The van der Waals surface area contributed by atoms with Crippen LogP contribution in [0.1, 0.15) is 36.2 Å². The van der Waals surface area contributed by atoms with Crippen LogP contribution in [0.5, 0.6) is 0 Å². The van der Waals surface area contributed by atoms with Crippen LogP contribution in [0.25, 0.3) is 11.0 Å². The van der Waals surface area contributed by atoms with Crippen molar-refractivity contribution in [3.63, 3.8) is 0 Å². The van der Waals surface area contributed by atoms with E-state index >= 15 is 0 Å².